The van der Waals surface area contributed by atoms with Gasteiger partial charge in [-0.1, -0.05) is 25.8 Å². The molecule has 90 valence electrons. The molecule has 0 aromatic heterocycles. The number of amides is 1. The van der Waals surface area contributed by atoms with Crippen LogP contribution in [0.1, 0.15) is 51.4 Å². The summed E-state index contributed by atoms with van der Waals surface area (Å²) in [6.07, 6.45) is 12.2. The second kappa shape index (κ2) is 5.03. The van der Waals surface area contributed by atoms with Crippen LogP contribution < -0.4 is 0 Å². The lowest BCUT2D eigenvalue weighted by atomic mass is 9.69. The van der Waals surface area contributed by atoms with Gasteiger partial charge < -0.3 is 4.90 Å². The first kappa shape index (κ1) is 11.7. The molecule has 1 amide bonds. The molecule has 1 heterocycles. The van der Waals surface area contributed by atoms with Crippen molar-refractivity contribution in [3.63, 3.8) is 0 Å². The highest BCUT2D eigenvalue weighted by atomic mass is 16.2. The van der Waals surface area contributed by atoms with E-state index in [-0.39, 0.29) is 5.91 Å². The summed E-state index contributed by atoms with van der Waals surface area (Å²) >= 11 is 0. The van der Waals surface area contributed by atoms with E-state index in [0.717, 1.165) is 13.1 Å². The minimum Gasteiger partial charge on any atom is -0.339 e. The molecule has 1 saturated carbocycles. The Labute approximate surface area is 98.7 Å². The van der Waals surface area contributed by atoms with Crippen LogP contribution >= 0.6 is 0 Å². The molecule has 1 spiro atoms. The van der Waals surface area contributed by atoms with Gasteiger partial charge in [0.15, 0.2) is 0 Å². The summed E-state index contributed by atoms with van der Waals surface area (Å²) in [6, 6.07) is 0. The van der Waals surface area contributed by atoms with Gasteiger partial charge in [-0.15, -0.1) is 0 Å². The summed E-state index contributed by atoms with van der Waals surface area (Å²) < 4.78 is 0. The van der Waals surface area contributed by atoms with Crippen LogP contribution in [0.4, 0.5) is 0 Å². The lowest BCUT2D eigenvalue weighted by molar-refractivity contribution is -0.126. The molecule has 16 heavy (non-hydrogen) atoms. The molecule has 2 nitrogen and oxygen atoms in total. The molecule has 1 aliphatic heterocycles. The molecule has 1 saturated heterocycles. The summed E-state index contributed by atoms with van der Waals surface area (Å²) in [6.45, 7) is 5.47. The quantitative estimate of drug-likeness (QED) is 0.623. The van der Waals surface area contributed by atoms with Crippen LogP contribution in [0.3, 0.4) is 0 Å². The zero-order chi connectivity index (χ0) is 11.4. The van der Waals surface area contributed by atoms with Gasteiger partial charge >= 0.3 is 0 Å². The zero-order valence-electron chi connectivity index (χ0n) is 10.2. The molecule has 2 fully saturated rings. The Bertz CT molecular complexity index is 266. The molecule has 0 bridgehead atoms. The van der Waals surface area contributed by atoms with E-state index in [9.17, 15) is 4.79 Å². The van der Waals surface area contributed by atoms with Crippen LogP contribution in [-0.2, 0) is 4.79 Å². The fourth-order valence-corrected chi connectivity index (χ4v) is 3.41. The fraction of sp³-hybridized carbons (Fsp3) is 0.786. The highest BCUT2D eigenvalue weighted by Gasteiger charge is 2.34. The molecular weight excluding hydrogens is 198 g/mol. The molecule has 1 aliphatic carbocycles. The van der Waals surface area contributed by atoms with Gasteiger partial charge in [-0.25, -0.2) is 0 Å². The van der Waals surface area contributed by atoms with E-state index in [4.69, 9.17) is 0 Å². The summed E-state index contributed by atoms with van der Waals surface area (Å²) in [4.78, 5) is 13.6. The Morgan fingerprint density at radius 2 is 1.69 bits per heavy atom. The van der Waals surface area contributed by atoms with Crippen molar-refractivity contribution in [3.05, 3.63) is 12.7 Å². The van der Waals surface area contributed by atoms with Crippen molar-refractivity contribution in [1.29, 1.82) is 0 Å². The van der Waals surface area contributed by atoms with Gasteiger partial charge in [-0.2, -0.15) is 0 Å². The largest absolute Gasteiger partial charge is 0.339 e. The minimum atomic E-state index is 0.118. The number of rotatable bonds is 1. The van der Waals surface area contributed by atoms with Gasteiger partial charge in [0.05, 0.1) is 0 Å². The van der Waals surface area contributed by atoms with Gasteiger partial charge in [-0.3, -0.25) is 4.79 Å². The number of carbonyl (C=O) groups is 1. The third kappa shape index (κ3) is 2.47. The highest BCUT2D eigenvalue weighted by Crippen LogP contribution is 2.44. The van der Waals surface area contributed by atoms with Crippen LogP contribution in [-0.4, -0.2) is 23.9 Å². The zero-order valence-corrected chi connectivity index (χ0v) is 10.2. The molecule has 0 aromatic rings. The SMILES string of the molecule is C=CC(=O)N1CCCC2(CCCCC2)CC1. The molecule has 2 heteroatoms. The average Bonchev–Trinajstić information content (AvgIpc) is 2.52. The van der Waals surface area contributed by atoms with Crippen molar-refractivity contribution in [1.82, 2.24) is 4.90 Å². The van der Waals surface area contributed by atoms with Gasteiger partial charge in [0.1, 0.15) is 0 Å². The maximum atomic E-state index is 11.6. The van der Waals surface area contributed by atoms with Gasteiger partial charge in [0.25, 0.3) is 0 Å². The third-order valence-corrected chi connectivity index (χ3v) is 4.45. The van der Waals surface area contributed by atoms with E-state index < -0.39 is 0 Å². The van der Waals surface area contributed by atoms with Crippen molar-refractivity contribution in [3.8, 4) is 0 Å². The van der Waals surface area contributed by atoms with Crippen molar-refractivity contribution >= 4 is 5.91 Å². The predicted molar refractivity (Wildman–Crippen MR) is 66.1 cm³/mol. The Morgan fingerprint density at radius 1 is 1.00 bits per heavy atom. The second-order valence-corrected chi connectivity index (χ2v) is 5.44. The Kier molecular flexibility index (Phi) is 3.67. The number of carbonyl (C=O) groups excluding carboxylic acids is 1. The summed E-state index contributed by atoms with van der Waals surface area (Å²) in [5.74, 6) is 0.118. The maximum absolute atomic E-state index is 11.6. The number of hydrogen-bond acceptors (Lipinski definition) is 1. The summed E-state index contributed by atoms with van der Waals surface area (Å²) in [5.41, 5.74) is 0.578. The highest BCUT2D eigenvalue weighted by molar-refractivity contribution is 5.86. The van der Waals surface area contributed by atoms with Crippen molar-refractivity contribution in [2.24, 2.45) is 5.41 Å². The van der Waals surface area contributed by atoms with Crippen molar-refractivity contribution in [2.75, 3.05) is 13.1 Å². The molecule has 0 radical (unpaired) electrons. The number of likely N-dealkylation sites (tertiary alicyclic amines) is 1. The van der Waals surface area contributed by atoms with Gasteiger partial charge in [0, 0.05) is 13.1 Å². The second-order valence-electron chi connectivity index (χ2n) is 5.44. The smallest absolute Gasteiger partial charge is 0.245 e. The minimum absolute atomic E-state index is 0.118. The molecule has 0 unspecified atom stereocenters. The fourth-order valence-electron chi connectivity index (χ4n) is 3.41. The Balaban J connectivity index is 1.96. The summed E-state index contributed by atoms with van der Waals surface area (Å²) in [5, 5.41) is 0. The van der Waals surface area contributed by atoms with E-state index in [0.29, 0.717) is 5.41 Å². The van der Waals surface area contributed by atoms with E-state index in [2.05, 4.69) is 6.58 Å². The third-order valence-electron chi connectivity index (χ3n) is 4.45. The normalized spacial score (nSPS) is 25.1. The van der Waals surface area contributed by atoms with E-state index in [1.165, 1.54) is 57.4 Å². The molecule has 0 atom stereocenters. The number of nitrogens with zero attached hydrogens (tertiary/aromatic N) is 1. The lowest BCUT2D eigenvalue weighted by Crippen LogP contribution is -2.31. The molecule has 2 aliphatic rings. The molecule has 0 aromatic carbocycles. The first-order chi connectivity index (χ1) is 7.76. The van der Waals surface area contributed by atoms with Gasteiger partial charge in [-0.05, 0) is 43.6 Å². The summed E-state index contributed by atoms with van der Waals surface area (Å²) in [7, 11) is 0. The average molecular weight is 221 g/mol. The first-order valence-electron chi connectivity index (χ1n) is 6.67. The molecule has 0 N–H and O–H groups in total. The standard InChI is InChI=1S/C14H23NO/c1-2-13(16)15-11-6-9-14(10-12-15)7-4-3-5-8-14/h2H,1,3-12H2. The Morgan fingerprint density at radius 3 is 2.38 bits per heavy atom. The first-order valence-corrected chi connectivity index (χ1v) is 6.67. The lowest BCUT2D eigenvalue weighted by Gasteiger charge is -2.36. The van der Waals surface area contributed by atoms with E-state index in [1.54, 1.807) is 0 Å². The van der Waals surface area contributed by atoms with E-state index >= 15 is 0 Å². The van der Waals surface area contributed by atoms with E-state index in [1.807, 2.05) is 4.90 Å². The van der Waals surface area contributed by atoms with Crippen LogP contribution in [0.5, 0.6) is 0 Å². The van der Waals surface area contributed by atoms with Crippen molar-refractivity contribution in [2.45, 2.75) is 51.4 Å². The number of hydrogen-bond donors (Lipinski definition) is 0. The topological polar surface area (TPSA) is 20.3 Å². The van der Waals surface area contributed by atoms with Gasteiger partial charge in [0.2, 0.25) is 5.91 Å². The van der Waals surface area contributed by atoms with Crippen molar-refractivity contribution < 1.29 is 4.79 Å². The van der Waals surface area contributed by atoms with Crippen LogP contribution in [0.15, 0.2) is 12.7 Å². The van der Waals surface area contributed by atoms with Crippen LogP contribution in [0, 0.1) is 5.41 Å². The molecular formula is C14H23NO. The maximum Gasteiger partial charge on any atom is 0.245 e. The monoisotopic (exact) mass is 221 g/mol. The van der Waals surface area contributed by atoms with Crippen LogP contribution in [0.2, 0.25) is 0 Å². The Hall–Kier alpha value is -0.790. The predicted octanol–water partition coefficient (Wildman–Crippen LogP) is 3.14. The van der Waals surface area contributed by atoms with Crippen LogP contribution in [0.25, 0.3) is 0 Å². The molecule has 2 rings (SSSR count).